The Morgan fingerprint density at radius 1 is 1.35 bits per heavy atom. The number of hydrogen-bond acceptors (Lipinski definition) is 4. The molecule has 0 saturated heterocycles. The smallest absolute Gasteiger partial charge is 0.191 e. The second-order valence-electron chi connectivity index (χ2n) is 4.25. The number of thiophene rings is 1. The van der Waals surface area contributed by atoms with Gasteiger partial charge in [0.2, 0.25) is 0 Å². The molecule has 0 spiro atoms. The quantitative estimate of drug-likeness (QED) is 0.560. The lowest BCUT2D eigenvalue weighted by Gasteiger charge is -2.10. The second-order valence-corrected chi connectivity index (χ2v) is 7.76. The number of nitrogens with zero attached hydrogens (tertiary/aromatic N) is 1. The Morgan fingerprint density at radius 2 is 2.15 bits per heavy atom. The van der Waals surface area contributed by atoms with Crippen molar-refractivity contribution < 1.29 is 8.42 Å². The van der Waals surface area contributed by atoms with Gasteiger partial charge in [0.25, 0.3) is 0 Å². The van der Waals surface area contributed by atoms with E-state index < -0.39 is 9.84 Å². The summed E-state index contributed by atoms with van der Waals surface area (Å²) >= 11 is 1.73. The molecule has 1 rings (SSSR count). The molecule has 0 fully saturated rings. The van der Waals surface area contributed by atoms with Gasteiger partial charge in [0, 0.05) is 23.7 Å². The lowest BCUT2D eigenvalue weighted by molar-refractivity contribution is 0.597. The molecule has 1 aromatic heterocycles. The molecule has 0 aliphatic carbocycles. The summed E-state index contributed by atoms with van der Waals surface area (Å²) in [7, 11) is -2.95. The van der Waals surface area contributed by atoms with Crippen LogP contribution in [0.2, 0.25) is 0 Å². The van der Waals surface area contributed by atoms with E-state index in [1.54, 1.807) is 18.3 Å². The Labute approximate surface area is 125 Å². The van der Waals surface area contributed by atoms with Gasteiger partial charge in [-0.25, -0.2) is 8.42 Å². The van der Waals surface area contributed by atoms with Crippen molar-refractivity contribution in [1.82, 2.24) is 10.6 Å². The van der Waals surface area contributed by atoms with E-state index in [9.17, 15) is 8.42 Å². The van der Waals surface area contributed by atoms with Crippen LogP contribution >= 0.6 is 11.3 Å². The van der Waals surface area contributed by atoms with Gasteiger partial charge in [-0.3, -0.25) is 4.99 Å². The van der Waals surface area contributed by atoms with Gasteiger partial charge < -0.3 is 10.6 Å². The zero-order valence-corrected chi connectivity index (χ0v) is 13.7. The van der Waals surface area contributed by atoms with Gasteiger partial charge in [-0.05, 0) is 24.8 Å². The third-order valence-electron chi connectivity index (χ3n) is 2.70. The third kappa shape index (κ3) is 6.91. The molecule has 114 valence electrons. The summed E-state index contributed by atoms with van der Waals surface area (Å²) in [6, 6.07) is 4.14. The van der Waals surface area contributed by atoms with Crippen LogP contribution in [0.3, 0.4) is 0 Å². The van der Waals surface area contributed by atoms with E-state index in [-0.39, 0.29) is 11.5 Å². The van der Waals surface area contributed by atoms with Gasteiger partial charge in [-0.2, -0.15) is 0 Å². The molecule has 0 bridgehead atoms. The molecule has 0 aromatic carbocycles. The molecule has 0 unspecified atom stereocenters. The number of hydrogen-bond donors (Lipinski definition) is 2. The van der Waals surface area contributed by atoms with E-state index >= 15 is 0 Å². The average molecular weight is 317 g/mol. The fraction of sp³-hybridized carbons (Fsp3) is 0.615. The largest absolute Gasteiger partial charge is 0.357 e. The summed E-state index contributed by atoms with van der Waals surface area (Å²) in [5.74, 6) is 0.950. The van der Waals surface area contributed by atoms with Gasteiger partial charge in [0.1, 0.15) is 0 Å². The maximum absolute atomic E-state index is 11.4. The molecule has 0 aliphatic heterocycles. The molecule has 0 aliphatic rings. The molecule has 1 heterocycles. The van der Waals surface area contributed by atoms with Crippen LogP contribution < -0.4 is 10.6 Å². The van der Waals surface area contributed by atoms with Crippen molar-refractivity contribution in [3.8, 4) is 0 Å². The SMILES string of the molecule is CCNC(=NCCS(=O)(=O)CC)NCCc1cccs1. The summed E-state index contributed by atoms with van der Waals surface area (Å²) in [6.45, 7) is 5.48. The molecule has 0 saturated carbocycles. The summed E-state index contributed by atoms with van der Waals surface area (Å²) < 4.78 is 22.8. The molecular weight excluding hydrogens is 294 g/mol. The molecule has 7 heteroatoms. The highest BCUT2D eigenvalue weighted by Gasteiger charge is 2.06. The summed E-state index contributed by atoms with van der Waals surface area (Å²) in [5.41, 5.74) is 0. The van der Waals surface area contributed by atoms with E-state index in [0.717, 1.165) is 19.5 Å². The van der Waals surface area contributed by atoms with E-state index in [1.165, 1.54) is 4.88 Å². The van der Waals surface area contributed by atoms with Gasteiger partial charge in [0.05, 0.1) is 12.3 Å². The monoisotopic (exact) mass is 317 g/mol. The molecule has 20 heavy (non-hydrogen) atoms. The minimum Gasteiger partial charge on any atom is -0.357 e. The van der Waals surface area contributed by atoms with Crippen LogP contribution in [0.4, 0.5) is 0 Å². The first-order chi connectivity index (χ1) is 9.57. The van der Waals surface area contributed by atoms with Gasteiger partial charge >= 0.3 is 0 Å². The van der Waals surface area contributed by atoms with E-state index in [2.05, 4.69) is 27.1 Å². The van der Waals surface area contributed by atoms with Gasteiger partial charge in [-0.15, -0.1) is 11.3 Å². The van der Waals surface area contributed by atoms with Crippen LogP contribution in [0.5, 0.6) is 0 Å². The minimum atomic E-state index is -2.95. The maximum Gasteiger partial charge on any atom is 0.191 e. The van der Waals surface area contributed by atoms with Gasteiger partial charge in [-0.1, -0.05) is 13.0 Å². The molecule has 0 amide bonds. The van der Waals surface area contributed by atoms with Crippen LogP contribution in [0.25, 0.3) is 0 Å². The van der Waals surface area contributed by atoms with Crippen molar-refractivity contribution in [1.29, 1.82) is 0 Å². The van der Waals surface area contributed by atoms with Crippen LogP contribution in [-0.2, 0) is 16.3 Å². The summed E-state index contributed by atoms with van der Waals surface area (Å²) in [6.07, 6.45) is 0.940. The third-order valence-corrected chi connectivity index (χ3v) is 5.32. The zero-order chi connectivity index (χ0) is 14.8. The first kappa shape index (κ1) is 17.0. The fourth-order valence-electron chi connectivity index (χ4n) is 1.54. The lowest BCUT2D eigenvalue weighted by atomic mass is 10.3. The summed E-state index contributed by atoms with van der Waals surface area (Å²) in [4.78, 5) is 5.61. The normalized spacial score (nSPS) is 12.4. The highest BCUT2D eigenvalue weighted by molar-refractivity contribution is 7.91. The van der Waals surface area contributed by atoms with Crippen LogP contribution in [-0.4, -0.2) is 45.5 Å². The predicted molar refractivity (Wildman–Crippen MR) is 86.3 cm³/mol. The number of guanidine groups is 1. The molecule has 0 radical (unpaired) electrons. The lowest BCUT2D eigenvalue weighted by Crippen LogP contribution is -2.38. The topological polar surface area (TPSA) is 70.6 Å². The van der Waals surface area contributed by atoms with E-state index in [4.69, 9.17) is 0 Å². The van der Waals surface area contributed by atoms with Gasteiger partial charge in [0.15, 0.2) is 15.8 Å². The molecular formula is C13H23N3O2S2. The van der Waals surface area contributed by atoms with Crippen molar-refractivity contribution >= 4 is 27.1 Å². The maximum atomic E-state index is 11.4. The van der Waals surface area contributed by atoms with Crippen molar-refractivity contribution in [3.05, 3.63) is 22.4 Å². The van der Waals surface area contributed by atoms with Crippen LogP contribution in [0, 0.1) is 0 Å². The second kappa shape index (κ2) is 8.97. The molecule has 5 nitrogen and oxygen atoms in total. The van der Waals surface area contributed by atoms with E-state index in [1.807, 2.05) is 13.0 Å². The highest BCUT2D eigenvalue weighted by Crippen LogP contribution is 2.07. The molecule has 1 aromatic rings. The van der Waals surface area contributed by atoms with Crippen molar-refractivity contribution in [2.24, 2.45) is 4.99 Å². The number of rotatable bonds is 8. The van der Waals surface area contributed by atoms with Crippen LogP contribution in [0.15, 0.2) is 22.5 Å². The number of aliphatic imine (C=N–C) groups is 1. The fourth-order valence-corrected chi connectivity index (χ4v) is 2.91. The standard InChI is InChI=1S/C13H23N3O2S2/c1-3-14-13(16-9-11-20(17,18)4-2)15-8-7-12-6-5-10-19-12/h5-6,10H,3-4,7-9,11H2,1-2H3,(H2,14,15,16). The Kier molecular flexibility index (Phi) is 7.61. The Bertz CT molecular complexity index is 496. The Morgan fingerprint density at radius 3 is 2.75 bits per heavy atom. The molecule has 2 N–H and O–H groups in total. The Balaban J connectivity index is 2.38. The summed E-state index contributed by atoms with van der Waals surface area (Å²) in [5, 5.41) is 8.39. The predicted octanol–water partition coefficient (Wildman–Crippen LogP) is 1.28. The van der Waals surface area contributed by atoms with Crippen LogP contribution in [0.1, 0.15) is 18.7 Å². The minimum absolute atomic E-state index is 0.102. The number of sulfone groups is 1. The van der Waals surface area contributed by atoms with Crippen molar-refractivity contribution in [3.63, 3.8) is 0 Å². The first-order valence-corrected chi connectivity index (χ1v) is 9.52. The highest BCUT2D eigenvalue weighted by atomic mass is 32.2. The van der Waals surface area contributed by atoms with E-state index in [0.29, 0.717) is 12.5 Å². The van der Waals surface area contributed by atoms with Crippen molar-refractivity contribution in [2.75, 3.05) is 31.1 Å². The van der Waals surface area contributed by atoms with Crippen molar-refractivity contribution in [2.45, 2.75) is 20.3 Å². The average Bonchev–Trinajstić information content (AvgIpc) is 2.92. The molecule has 0 atom stereocenters. The first-order valence-electron chi connectivity index (χ1n) is 6.82. The Hall–Kier alpha value is -1.08. The zero-order valence-electron chi connectivity index (χ0n) is 12.1. The number of nitrogens with one attached hydrogen (secondary N) is 2.